The van der Waals surface area contributed by atoms with E-state index in [0.29, 0.717) is 0 Å². The van der Waals surface area contributed by atoms with Gasteiger partial charge in [0.2, 0.25) is 0 Å². The maximum atomic E-state index is 11.8. The molecule has 89 heavy (non-hydrogen) atoms. The van der Waals surface area contributed by atoms with Crippen molar-refractivity contribution >= 4 is 0 Å². The van der Waals surface area contributed by atoms with E-state index in [4.69, 9.17) is 71.1 Å². The van der Waals surface area contributed by atoms with Gasteiger partial charge in [-0.15, -0.1) is 0 Å². The Morgan fingerprint density at radius 3 is 0.517 bits per heavy atom. The Kier molecular flexibility index (Phi) is 25.9. The molecule has 0 aromatic heterocycles. The topological polar surface area (TPSA) is 664 Å². The van der Waals surface area contributed by atoms with Gasteiger partial charge in [0, 0.05) is 0 Å². The summed E-state index contributed by atoms with van der Waals surface area (Å²) in [7, 11) is 0. The molecule has 8 rings (SSSR count). The van der Waals surface area contributed by atoms with E-state index < -0.39 is 299 Å². The summed E-state index contributed by atoms with van der Waals surface area (Å²) in [5.74, 6) is 0. The zero-order valence-corrected chi connectivity index (χ0v) is 46.5. The first-order valence-corrected chi connectivity index (χ1v) is 28.2. The van der Waals surface area contributed by atoms with Gasteiger partial charge in [0.15, 0.2) is 50.3 Å². The quantitative estimate of drug-likeness (QED) is 0.0479. The molecule has 0 spiro atoms. The minimum atomic E-state index is -2.38. The van der Waals surface area contributed by atoms with Gasteiger partial charge in [-0.2, -0.15) is 0 Å². The van der Waals surface area contributed by atoms with E-state index in [0.717, 1.165) is 0 Å². The molecule has 41 nitrogen and oxygen atoms in total. The summed E-state index contributed by atoms with van der Waals surface area (Å²) in [4.78, 5) is 0. The van der Waals surface area contributed by atoms with Gasteiger partial charge >= 0.3 is 0 Å². The van der Waals surface area contributed by atoms with Crippen molar-refractivity contribution in [2.24, 2.45) is 0 Å². The Hall–Kier alpha value is -1.64. The second-order valence-corrected chi connectivity index (χ2v) is 22.4. The molecule has 40 atom stereocenters. The Bertz CT molecular complexity index is 2130. The predicted molar refractivity (Wildman–Crippen MR) is 264 cm³/mol. The first-order chi connectivity index (χ1) is 42.2. The molecule has 26 N–H and O–H groups in total. The molecule has 8 saturated heterocycles. The summed E-state index contributed by atoms with van der Waals surface area (Å²) >= 11 is 0. The maximum absolute atomic E-state index is 11.8. The monoisotopic (exact) mass is 1310 g/mol. The van der Waals surface area contributed by atoms with E-state index in [2.05, 4.69) is 0 Å². The van der Waals surface area contributed by atoms with Crippen LogP contribution in [-0.2, 0) is 71.1 Å². The first kappa shape index (κ1) is 73.2. The lowest BCUT2D eigenvalue weighted by Crippen LogP contribution is -2.69. The number of aliphatic hydroxyl groups excluding tert-OH is 26. The third kappa shape index (κ3) is 15.0. The van der Waals surface area contributed by atoms with E-state index in [-0.39, 0.29) is 0 Å². The Morgan fingerprint density at radius 1 is 0.169 bits per heavy atom. The van der Waals surface area contributed by atoms with Crippen LogP contribution >= 0.6 is 0 Å². The smallest absolute Gasteiger partial charge is 0.187 e. The molecule has 0 radical (unpaired) electrons. The predicted octanol–water partition coefficient (Wildman–Crippen LogP) is -18.5. The van der Waals surface area contributed by atoms with Crippen molar-refractivity contribution in [1.82, 2.24) is 0 Å². The summed E-state index contributed by atoms with van der Waals surface area (Å²) in [5.41, 5.74) is 0. The van der Waals surface area contributed by atoms with E-state index in [1.165, 1.54) is 0 Å². The fraction of sp³-hybridized carbons (Fsp3) is 1.00. The fourth-order valence-corrected chi connectivity index (χ4v) is 11.4. The molecular weight excluding hydrogens is 1230 g/mol. The molecule has 0 aliphatic carbocycles. The highest BCUT2D eigenvalue weighted by molar-refractivity contribution is 5.02. The highest BCUT2D eigenvalue weighted by atomic mass is 16.8. The number of hydrogen-bond donors (Lipinski definition) is 26. The van der Waals surface area contributed by atoms with Crippen molar-refractivity contribution in [1.29, 1.82) is 0 Å². The second kappa shape index (κ2) is 31.5. The summed E-state index contributed by atoms with van der Waals surface area (Å²) in [6.07, 6.45) is -81.9. The van der Waals surface area contributed by atoms with Gasteiger partial charge in [-0.1, -0.05) is 0 Å². The Morgan fingerprint density at radius 2 is 0.326 bits per heavy atom. The molecule has 8 aliphatic rings. The molecule has 8 fully saturated rings. The standard InChI is InChI=1S/C48H82O41/c49-1-9-17(57)25(65)26(66)42(76-9)84-35-19(59)11(3-51)78-44(28(35)68)86-37-21(61)13(5-53)80-46(30(37)70)88-39-23(63)15(7-55)82-48(32(39)72)89-40-24(64)16(8-56)81-47(33(40)73)87-38-22(62)14(6-54)79-45(31(38)71)85-36-20(60)12(4-52)77-43(29(36)69)83-34-18(58)10(2-50)75-41(74)27(34)67/h9-74H,1-8H2/t9?,10?,11?,12?,13?,14?,15?,16?,17?,18-,19-,20?,21?,22-,23-,24?,25?,26?,27?,28?,29?,30?,31?,32?,33?,34-,35-,36?,37?,38-,39-,40?,41+,42?,43?,44-,45-,46?,47?,48-/m0/s1. The van der Waals surface area contributed by atoms with Gasteiger partial charge in [-0.25, -0.2) is 0 Å². The number of rotatable bonds is 22. The Labute approximate surface area is 501 Å². The highest BCUT2D eigenvalue weighted by Gasteiger charge is 2.60. The van der Waals surface area contributed by atoms with Crippen molar-refractivity contribution in [3.8, 4) is 0 Å². The van der Waals surface area contributed by atoms with E-state index in [1.807, 2.05) is 0 Å². The zero-order chi connectivity index (χ0) is 65.4. The van der Waals surface area contributed by atoms with Gasteiger partial charge in [0.1, 0.15) is 195 Å². The lowest BCUT2D eigenvalue weighted by atomic mass is 9.95. The van der Waals surface area contributed by atoms with Crippen LogP contribution in [0.25, 0.3) is 0 Å². The average molecular weight is 1320 g/mol. The molecule has 0 amide bonds. The van der Waals surface area contributed by atoms with Crippen LogP contribution in [0.1, 0.15) is 0 Å². The third-order valence-corrected chi connectivity index (χ3v) is 16.7. The molecule has 0 aromatic carbocycles. The SMILES string of the molecule is OCC1OC(O[C@@H]2C(O)[C@H](OC3C(O)C(CO)OC(O[C@@H]4C(O)[C@H](OC5C(O)C(CO)OC(O[C@@H]6C(O)[C@H](OC7C(O)C(CO)OC(O[C@@H]8C(O)[C@H](O)OC(CO)[C@@H]8O)C7O)OC(CO)[C@@H]6O)C5O)OC(CO)[C@@H]4O)C3O)OC(CO)[C@@H]2O)C(O)C(O)C1O. The van der Waals surface area contributed by atoms with Crippen molar-refractivity contribution < 1.29 is 204 Å². The lowest BCUT2D eigenvalue weighted by molar-refractivity contribution is -0.402. The van der Waals surface area contributed by atoms with Crippen LogP contribution in [0.15, 0.2) is 0 Å². The van der Waals surface area contributed by atoms with Gasteiger partial charge in [-0.05, 0) is 0 Å². The van der Waals surface area contributed by atoms with Crippen LogP contribution in [0.5, 0.6) is 0 Å². The summed E-state index contributed by atoms with van der Waals surface area (Å²) in [6.45, 7) is -8.32. The van der Waals surface area contributed by atoms with Crippen molar-refractivity contribution in [3.63, 3.8) is 0 Å². The van der Waals surface area contributed by atoms with Gasteiger partial charge in [0.05, 0.1) is 52.9 Å². The van der Waals surface area contributed by atoms with Crippen LogP contribution in [0.2, 0.25) is 0 Å². The lowest BCUT2D eigenvalue weighted by Gasteiger charge is -2.50. The van der Waals surface area contributed by atoms with Crippen LogP contribution in [0.3, 0.4) is 0 Å². The third-order valence-electron chi connectivity index (χ3n) is 16.7. The molecule has 0 saturated carbocycles. The van der Waals surface area contributed by atoms with Gasteiger partial charge in [-0.3, -0.25) is 0 Å². The molecule has 8 aliphatic heterocycles. The van der Waals surface area contributed by atoms with Crippen LogP contribution in [0, 0.1) is 0 Å². The first-order valence-electron chi connectivity index (χ1n) is 28.2. The largest absolute Gasteiger partial charge is 0.394 e. The summed E-state index contributed by atoms with van der Waals surface area (Å²) in [5, 5.41) is 281. The van der Waals surface area contributed by atoms with Crippen molar-refractivity contribution in [3.05, 3.63) is 0 Å². The molecule has 0 bridgehead atoms. The average Bonchev–Trinajstić information content (AvgIpc) is 1.44. The molecular formula is C48H82O41. The van der Waals surface area contributed by atoms with Crippen molar-refractivity contribution in [2.45, 2.75) is 246 Å². The minimum Gasteiger partial charge on any atom is -0.394 e. The molecule has 41 heteroatoms. The number of hydrogen-bond acceptors (Lipinski definition) is 41. The molecule has 8 heterocycles. The highest BCUT2D eigenvalue weighted by Crippen LogP contribution is 2.39. The second-order valence-electron chi connectivity index (χ2n) is 22.4. The molecule has 28 unspecified atom stereocenters. The normalized spacial score (nSPS) is 53.6. The van der Waals surface area contributed by atoms with Gasteiger partial charge < -0.3 is 204 Å². The summed E-state index contributed by atoms with van der Waals surface area (Å²) in [6, 6.07) is 0. The van der Waals surface area contributed by atoms with Crippen LogP contribution in [0.4, 0.5) is 0 Å². The number of ether oxygens (including phenoxy) is 15. The fourth-order valence-electron chi connectivity index (χ4n) is 11.4. The maximum Gasteiger partial charge on any atom is 0.187 e. The van der Waals surface area contributed by atoms with Crippen molar-refractivity contribution in [2.75, 3.05) is 52.9 Å². The summed E-state index contributed by atoms with van der Waals surface area (Å²) < 4.78 is 83.5. The van der Waals surface area contributed by atoms with Crippen LogP contribution < -0.4 is 0 Å². The Balaban J connectivity index is 0.965. The zero-order valence-electron chi connectivity index (χ0n) is 46.5. The minimum absolute atomic E-state index is 0.895. The number of aliphatic hydroxyl groups is 26. The van der Waals surface area contributed by atoms with Gasteiger partial charge in [0.25, 0.3) is 0 Å². The van der Waals surface area contributed by atoms with E-state index in [1.54, 1.807) is 0 Å². The molecule has 520 valence electrons. The van der Waals surface area contributed by atoms with E-state index in [9.17, 15) is 133 Å². The van der Waals surface area contributed by atoms with E-state index >= 15 is 0 Å². The van der Waals surface area contributed by atoms with Crippen LogP contribution in [-0.4, -0.2) is 431 Å². The molecule has 0 aromatic rings.